The van der Waals surface area contributed by atoms with Crippen molar-refractivity contribution in [1.29, 1.82) is 0 Å². The van der Waals surface area contributed by atoms with Crippen LogP contribution in [0.2, 0.25) is 0 Å². The van der Waals surface area contributed by atoms with Gasteiger partial charge in [0.15, 0.2) is 0 Å². The summed E-state index contributed by atoms with van der Waals surface area (Å²) in [6.07, 6.45) is 0.0280. The van der Waals surface area contributed by atoms with E-state index in [1.165, 1.54) is 0 Å². The number of ether oxygens (including phenoxy) is 3. The van der Waals surface area contributed by atoms with Gasteiger partial charge in [-0.1, -0.05) is 0 Å². The average molecular weight is 294 g/mol. The number of morpholine rings is 1. The second kappa shape index (κ2) is 7.28. The molecule has 1 aromatic rings. The maximum atomic E-state index is 12.5. The topological polar surface area (TPSA) is 60.0 Å². The van der Waals surface area contributed by atoms with Crippen molar-refractivity contribution < 1.29 is 19.0 Å². The van der Waals surface area contributed by atoms with Crippen LogP contribution in [-0.4, -0.2) is 64.4 Å². The van der Waals surface area contributed by atoms with Gasteiger partial charge in [-0.2, -0.15) is 0 Å². The lowest BCUT2D eigenvalue weighted by Gasteiger charge is -2.28. The number of methoxy groups -OCH3 is 2. The first-order chi connectivity index (χ1) is 10.1. The SMILES string of the molecule is COc1cc(OC)cc(C(=O)N(C)CC2CNCCO2)c1. The maximum Gasteiger partial charge on any atom is 0.253 e. The molecular weight excluding hydrogens is 272 g/mol. The van der Waals surface area contributed by atoms with Gasteiger partial charge in [-0.3, -0.25) is 4.79 Å². The molecule has 1 aromatic carbocycles. The van der Waals surface area contributed by atoms with Crippen LogP contribution in [-0.2, 0) is 4.74 Å². The van der Waals surface area contributed by atoms with E-state index in [1.54, 1.807) is 44.4 Å². The summed E-state index contributed by atoms with van der Waals surface area (Å²) >= 11 is 0. The van der Waals surface area contributed by atoms with Gasteiger partial charge in [-0.15, -0.1) is 0 Å². The number of carbonyl (C=O) groups excluding carboxylic acids is 1. The van der Waals surface area contributed by atoms with Crippen LogP contribution in [0.25, 0.3) is 0 Å². The highest BCUT2D eigenvalue weighted by Gasteiger charge is 2.20. The van der Waals surface area contributed by atoms with E-state index >= 15 is 0 Å². The number of hydrogen-bond acceptors (Lipinski definition) is 5. The van der Waals surface area contributed by atoms with Gasteiger partial charge in [0.2, 0.25) is 0 Å². The summed E-state index contributed by atoms with van der Waals surface area (Å²) in [6.45, 7) is 2.85. The molecule has 1 atom stereocenters. The Bertz CT molecular complexity index is 464. The number of hydrogen-bond donors (Lipinski definition) is 1. The van der Waals surface area contributed by atoms with Crippen molar-refractivity contribution in [2.75, 3.05) is 47.5 Å². The monoisotopic (exact) mass is 294 g/mol. The third kappa shape index (κ3) is 4.09. The Balaban J connectivity index is 2.07. The fraction of sp³-hybridized carbons (Fsp3) is 0.533. The lowest BCUT2D eigenvalue weighted by atomic mass is 10.1. The summed E-state index contributed by atoms with van der Waals surface area (Å²) in [6, 6.07) is 5.16. The number of nitrogens with zero attached hydrogens (tertiary/aromatic N) is 1. The molecule has 6 heteroatoms. The molecule has 6 nitrogen and oxygen atoms in total. The Morgan fingerprint density at radius 1 is 1.33 bits per heavy atom. The van der Waals surface area contributed by atoms with Crippen LogP contribution in [0, 0.1) is 0 Å². The van der Waals surface area contributed by atoms with Gasteiger partial charge in [-0.25, -0.2) is 0 Å². The average Bonchev–Trinajstić information content (AvgIpc) is 2.54. The highest BCUT2D eigenvalue weighted by molar-refractivity contribution is 5.95. The van der Waals surface area contributed by atoms with Gasteiger partial charge in [0.05, 0.1) is 26.9 Å². The largest absolute Gasteiger partial charge is 0.497 e. The van der Waals surface area contributed by atoms with Crippen molar-refractivity contribution in [2.45, 2.75) is 6.10 Å². The molecule has 1 aliphatic rings. The molecule has 1 saturated heterocycles. The molecule has 21 heavy (non-hydrogen) atoms. The molecule has 0 aliphatic carbocycles. The van der Waals surface area contributed by atoms with Crippen LogP contribution in [0.15, 0.2) is 18.2 Å². The quantitative estimate of drug-likeness (QED) is 0.869. The van der Waals surface area contributed by atoms with E-state index in [4.69, 9.17) is 14.2 Å². The third-order valence-corrected chi connectivity index (χ3v) is 3.43. The van der Waals surface area contributed by atoms with Gasteiger partial charge < -0.3 is 24.4 Å². The molecule has 1 amide bonds. The zero-order valence-electron chi connectivity index (χ0n) is 12.7. The van der Waals surface area contributed by atoms with Crippen molar-refractivity contribution >= 4 is 5.91 Å². The Morgan fingerprint density at radius 2 is 2.00 bits per heavy atom. The summed E-state index contributed by atoms with van der Waals surface area (Å²) in [4.78, 5) is 14.2. The highest BCUT2D eigenvalue weighted by Crippen LogP contribution is 2.23. The molecule has 1 aliphatic heterocycles. The molecule has 1 N–H and O–H groups in total. The van der Waals surface area contributed by atoms with Crippen LogP contribution in [0.3, 0.4) is 0 Å². The Morgan fingerprint density at radius 3 is 2.52 bits per heavy atom. The third-order valence-electron chi connectivity index (χ3n) is 3.43. The minimum atomic E-state index is -0.0821. The fourth-order valence-electron chi connectivity index (χ4n) is 2.28. The van der Waals surface area contributed by atoms with Crippen LogP contribution in [0.4, 0.5) is 0 Å². The first-order valence-electron chi connectivity index (χ1n) is 6.95. The van der Waals surface area contributed by atoms with Crippen LogP contribution < -0.4 is 14.8 Å². The lowest BCUT2D eigenvalue weighted by molar-refractivity contribution is 0.0104. The molecule has 0 saturated carbocycles. The second-order valence-corrected chi connectivity index (χ2v) is 4.98. The molecule has 2 rings (SSSR count). The Kier molecular flexibility index (Phi) is 5.41. The zero-order chi connectivity index (χ0) is 15.2. The minimum absolute atomic E-state index is 0.0280. The Labute approximate surface area is 125 Å². The normalized spacial score (nSPS) is 18.1. The van der Waals surface area contributed by atoms with Crippen molar-refractivity contribution in [3.63, 3.8) is 0 Å². The maximum absolute atomic E-state index is 12.5. The first-order valence-corrected chi connectivity index (χ1v) is 6.95. The van der Waals surface area contributed by atoms with E-state index in [1.807, 2.05) is 0 Å². The van der Waals surface area contributed by atoms with Crippen molar-refractivity contribution in [1.82, 2.24) is 10.2 Å². The summed E-state index contributed by atoms with van der Waals surface area (Å²) in [5.74, 6) is 1.12. The van der Waals surface area contributed by atoms with E-state index in [0.717, 1.165) is 13.1 Å². The molecule has 0 radical (unpaired) electrons. The van der Waals surface area contributed by atoms with Gasteiger partial charge in [0.1, 0.15) is 11.5 Å². The number of benzene rings is 1. The predicted octanol–water partition coefficient (Wildman–Crippen LogP) is 0.764. The van der Waals surface area contributed by atoms with Gasteiger partial charge in [0.25, 0.3) is 5.91 Å². The summed E-state index contributed by atoms with van der Waals surface area (Å²) in [7, 11) is 4.90. The van der Waals surface area contributed by atoms with E-state index in [2.05, 4.69) is 5.32 Å². The number of nitrogens with one attached hydrogen (secondary N) is 1. The molecule has 0 bridgehead atoms. The fourth-order valence-corrected chi connectivity index (χ4v) is 2.28. The minimum Gasteiger partial charge on any atom is -0.497 e. The zero-order valence-corrected chi connectivity index (χ0v) is 12.7. The van der Waals surface area contributed by atoms with Gasteiger partial charge >= 0.3 is 0 Å². The predicted molar refractivity (Wildman–Crippen MR) is 79.1 cm³/mol. The van der Waals surface area contributed by atoms with E-state index < -0.39 is 0 Å². The summed E-state index contributed by atoms with van der Waals surface area (Å²) < 4.78 is 16.0. The van der Waals surface area contributed by atoms with Gasteiger partial charge in [-0.05, 0) is 12.1 Å². The standard InChI is InChI=1S/C15H22N2O4/c1-17(10-14-9-16-4-5-21-14)15(18)11-6-12(19-2)8-13(7-11)20-3/h6-8,14,16H,4-5,9-10H2,1-3H3. The first kappa shape index (κ1) is 15.6. The van der Waals surface area contributed by atoms with E-state index in [9.17, 15) is 4.79 Å². The molecule has 116 valence electrons. The van der Waals surface area contributed by atoms with Crippen LogP contribution in [0.1, 0.15) is 10.4 Å². The number of rotatable bonds is 5. The van der Waals surface area contributed by atoms with E-state index in [-0.39, 0.29) is 12.0 Å². The Hall–Kier alpha value is -1.79. The number of amides is 1. The molecular formula is C15H22N2O4. The van der Waals surface area contributed by atoms with Crippen molar-refractivity contribution in [2.24, 2.45) is 0 Å². The van der Waals surface area contributed by atoms with Crippen molar-refractivity contribution in [3.8, 4) is 11.5 Å². The van der Waals surface area contributed by atoms with Crippen LogP contribution in [0.5, 0.6) is 11.5 Å². The number of likely N-dealkylation sites (N-methyl/N-ethyl adjacent to an activating group) is 1. The molecule has 1 heterocycles. The summed E-state index contributed by atoms with van der Waals surface area (Å²) in [5, 5.41) is 3.25. The van der Waals surface area contributed by atoms with Crippen molar-refractivity contribution in [3.05, 3.63) is 23.8 Å². The molecule has 0 aromatic heterocycles. The smallest absolute Gasteiger partial charge is 0.253 e. The molecule has 0 spiro atoms. The number of carbonyl (C=O) groups is 1. The van der Waals surface area contributed by atoms with E-state index in [0.29, 0.717) is 30.2 Å². The molecule has 1 unspecified atom stereocenters. The summed E-state index contributed by atoms with van der Waals surface area (Å²) in [5.41, 5.74) is 0.539. The highest BCUT2D eigenvalue weighted by atomic mass is 16.5. The van der Waals surface area contributed by atoms with Gasteiger partial charge in [0, 0.05) is 38.3 Å². The lowest BCUT2D eigenvalue weighted by Crippen LogP contribution is -2.45. The molecule has 1 fully saturated rings. The van der Waals surface area contributed by atoms with Crippen LogP contribution >= 0.6 is 0 Å². The second-order valence-electron chi connectivity index (χ2n) is 4.98.